The number of hydrogen-bond acceptors (Lipinski definition) is 3. The summed E-state index contributed by atoms with van der Waals surface area (Å²) in [7, 11) is 0. The third-order valence-electron chi connectivity index (χ3n) is 5.31. The second kappa shape index (κ2) is 7.09. The van der Waals surface area contributed by atoms with Crippen LogP contribution < -0.4 is 5.32 Å². The van der Waals surface area contributed by atoms with Crippen LogP contribution in [0.3, 0.4) is 0 Å². The fourth-order valence-electron chi connectivity index (χ4n) is 4.15. The first-order chi connectivity index (χ1) is 13.5. The van der Waals surface area contributed by atoms with Crippen molar-refractivity contribution in [3.05, 3.63) is 111 Å². The molecule has 1 aliphatic heterocycles. The lowest BCUT2D eigenvalue weighted by Gasteiger charge is -2.35. The predicted octanol–water partition coefficient (Wildman–Crippen LogP) is 4.64. The number of fused-ring (bicyclic) bond motifs is 1. The topological polar surface area (TPSA) is 72.2 Å². The lowest BCUT2D eigenvalue weighted by atomic mass is 9.64. The lowest BCUT2D eigenvalue weighted by molar-refractivity contribution is -0.484. The van der Waals surface area contributed by atoms with Crippen molar-refractivity contribution in [3.8, 4) is 0 Å². The van der Waals surface area contributed by atoms with Gasteiger partial charge in [0, 0.05) is 15.6 Å². The molecule has 0 aromatic heterocycles. The molecule has 0 unspecified atom stereocenters. The van der Waals surface area contributed by atoms with Crippen LogP contribution in [-0.2, 0) is 10.2 Å². The zero-order valence-electron chi connectivity index (χ0n) is 14.8. The minimum Gasteiger partial charge on any atom is -0.325 e. The highest BCUT2D eigenvalue weighted by Crippen LogP contribution is 2.51. The van der Waals surface area contributed by atoms with E-state index in [4.69, 9.17) is 11.6 Å². The van der Waals surface area contributed by atoms with Gasteiger partial charge in [-0.05, 0) is 34.9 Å². The van der Waals surface area contributed by atoms with Crippen LogP contribution in [0.4, 0.5) is 5.69 Å². The van der Waals surface area contributed by atoms with Crippen molar-refractivity contribution < 1.29 is 9.72 Å². The number of para-hydroxylation sites is 1. The van der Waals surface area contributed by atoms with Crippen molar-refractivity contribution in [1.82, 2.24) is 0 Å². The molecule has 0 radical (unpaired) electrons. The molecule has 1 heterocycles. The van der Waals surface area contributed by atoms with Crippen LogP contribution in [0, 0.1) is 10.1 Å². The Morgan fingerprint density at radius 3 is 2.29 bits per heavy atom. The predicted molar refractivity (Wildman–Crippen MR) is 108 cm³/mol. The van der Waals surface area contributed by atoms with Crippen LogP contribution in [0.5, 0.6) is 0 Å². The molecular weight excluding hydrogens is 376 g/mol. The second-order valence-electron chi connectivity index (χ2n) is 6.79. The number of nitro groups is 1. The number of halogens is 1. The van der Waals surface area contributed by atoms with Crippen molar-refractivity contribution in [1.29, 1.82) is 0 Å². The molecule has 0 saturated heterocycles. The highest BCUT2D eigenvalue weighted by atomic mass is 35.5. The smallest absolute Gasteiger partial charge is 0.240 e. The van der Waals surface area contributed by atoms with Gasteiger partial charge in [-0.25, -0.2) is 0 Å². The van der Waals surface area contributed by atoms with Crippen LogP contribution in [0.15, 0.2) is 78.9 Å². The molecule has 3 aromatic rings. The van der Waals surface area contributed by atoms with E-state index in [1.165, 1.54) is 0 Å². The summed E-state index contributed by atoms with van der Waals surface area (Å²) in [4.78, 5) is 24.7. The molecule has 3 aromatic carbocycles. The maximum absolute atomic E-state index is 13.5. The number of amides is 1. The quantitative estimate of drug-likeness (QED) is 0.508. The first kappa shape index (κ1) is 18.2. The highest BCUT2D eigenvalue weighted by Gasteiger charge is 2.55. The van der Waals surface area contributed by atoms with E-state index in [1.807, 2.05) is 54.6 Å². The van der Waals surface area contributed by atoms with Crippen LogP contribution >= 0.6 is 11.6 Å². The molecule has 0 fully saturated rings. The molecule has 1 aliphatic rings. The van der Waals surface area contributed by atoms with Crippen LogP contribution in [0.2, 0.25) is 5.02 Å². The number of nitrogens with one attached hydrogen (secondary N) is 1. The van der Waals surface area contributed by atoms with E-state index < -0.39 is 17.9 Å². The van der Waals surface area contributed by atoms with Gasteiger partial charge in [0.25, 0.3) is 0 Å². The zero-order chi connectivity index (χ0) is 19.7. The van der Waals surface area contributed by atoms with Crippen molar-refractivity contribution in [2.75, 3.05) is 11.9 Å². The van der Waals surface area contributed by atoms with Gasteiger partial charge in [0.1, 0.15) is 5.41 Å². The van der Waals surface area contributed by atoms with Crippen molar-refractivity contribution in [3.63, 3.8) is 0 Å². The average molecular weight is 393 g/mol. The lowest BCUT2D eigenvalue weighted by Crippen LogP contribution is -2.44. The minimum absolute atomic E-state index is 0.262. The number of benzene rings is 3. The fraction of sp³-hybridized carbons (Fsp3) is 0.136. The Balaban J connectivity index is 2.03. The van der Waals surface area contributed by atoms with Gasteiger partial charge in [-0.1, -0.05) is 72.3 Å². The number of hydrogen-bond donors (Lipinski definition) is 1. The van der Waals surface area contributed by atoms with E-state index in [0.717, 1.165) is 11.1 Å². The van der Waals surface area contributed by atoms with Gasteiger partial charge in [-0.2, -0.15) is 0 Å². The summed E-state index contributed by atoms with van der Waals surface area (Å²) in [5, 5.41) is 15.1. The molecule has 4 rings (SSSR count). The van der Waals surface area contributed by atoms with E-state index in [-0.39, 0.29) is 10.8 Å². The number of anilines is 1. The number of nitrogens with zero attached hydrogens (tertiary/aromatic N) is 1. The van der Waals surface area contributed by atoms with Crippen LogP contribution in [-0.4, -0.2) is 17.4 Å². The van der Waals surface area contributed by atoms with Gasteiger partial charge >= 0.3 is 0 Å². The van der Waals surface area contributed by atoms with Crippen LogP contribution in [0.1, 0.15) is 22.6 Å². The molecular formula is C22H17ClN2O3. The maximum Gasteiger partial charge on any atom is 0.240 e. The number of carbonyl (C=O) groups is 1. The molecule has 1 N–H and O–H groups in total. The minimum atomic E-state index is -1.21. The van der Waals surface area contributed by atoms with Crippen molar-refractivity contribution >= 4 is 23.2 Å². The van der Waals surface area contributed by atoms with Crippen molar-refractivity contribution in [2.45, 2.75) is 11.3 Å². The summed E-state index contributed by atoms with van der Waals surface area (Å²) in [5.41, 5.74) is 1.63. The van der Waals surface area contributed by atoms with Gasteiger partial charge in [-0.3, -0.25) is 14.9 Å². The highest BCUT2D eigenvalue weighted by molar-refractivity contribution is 6.30. The first-order valence-electron chi connectivity index (χ1n) is 8.87. The van der Waals surface area contributed by atoms with Gasteiger partial charge in [-0.15, -0.1) is 0 Å². The Bertz CT molecular complexity index is 1040. The van der Waals surface area contributed by atoms with E-state index >= 15 is 0 Å². The first-order valence-corrected chi connectivity index (χ1v) is 9.25. The Hall–Kier alpha value is -3.18. The molecule has 5 nitrogen and oxygen atoms in total. The summed E-state index contributed by atoms with van der Waals surface area (Å²) in [6.07, 6.45) is 0. The van der Waals surface area contributed by atoms with Gasteiger partial charge < -0.3 is 5.32 Å². The average Bonchev–Trinajstić information content (AvgIpc) is 3.00. The SMILES string of the molecule is O=C1Nc2ccccc2[C@@]1(c1ccccc1)[C@@H](C[N+](=O)[O-])c1ccc(Cl)cc1. The summed E-state index contributed by atoms with van der Waals surface area (Å²) < 4.78 is 0. The maximum atomic E-state index is 13.5. The van der Waals surface area contributed by atoms with Gasteiger partial charge in [0.05, 0.1) is 5.92 Å². The molecule has 0 saturated carbocycles. The molecule has 2 atom stereocenters. The van der Waals surface area contributed by atoms with E-state index in [2.05, 4.69) is 5.32 Å². The standard InChI is InChI=1S/C22H17ClN2O3/c23-17-12-10-15(11-13-17)19(14-25(27)28)22(16-6-2-1-3-7-16)18-8-4-5-9-20(18)24-21(22)26/h1-13,19H,14H2,(H,24,26)/t19-,22-/m0/s1. The number of carbonyl (C=O) groups excluding carboxylic acids is 1. The Kier molecular flexibility index (Phi) is 4.61. The van der Waals surface area contributed by atoms with Gasteiger partial charge in [0.15, 0.2) is 0 Å². The third-order valence-corrected chi connectivity index (χ3v) is 5.57. The third kappa shape index (κ3) is 2.84. The molecule has 140 valence electrons. The summed E-state index contributed by atoms with van der Waals surface area (Å²) in [5.74, 6) is -0.965. The second-order valence-corrected chi connectivity index (χ2v) is 7.23. The molecule has 28 heavy (non-hydrogen) atoms. The monoisotopic (exact) mass is 392 g/mol. The Labute approximate surface area is 167 Å². The molecule has 0 aliphatic carbocycles. The fourth-order valence-corrected chi connectivity index (χ4v) is 4.28. The molecule has 6 heteroatoms. The summed E-state index contributed by atoms with van der Waals surface area (Å²) in [6, 6.07) is 23.5. The Morgan fingerprint density at radius 2 is 1.61 bits per heavy atom. The van der Waals surface area contributed by atoms with E-state index in [0.29, 0.717) is 16.3 Å². The summed E-state index contributed by atoms with van der Waals surface area (Å²) >= 11 is 6.03. The van der Waals surface area contributed by atoms with Crippen molar-refractivity contribution in [2.24, 2.45) is 0 Å². The van der Waals surface area contributed by atoms with E-state index in [9.17, 15) is 14.9 Å². The molecule has 1 amide bonds. The van der Waals surface area contributed by atoms with E-state index in [1.54, 1.807) is 24.3 Å². The normalized spacial score (nSPS) is 19.0. The zero-order valence-corrected chi connectivity index (χ0v) is 15.6. The molecule has 0 spiro atoms. The number of rotatable bonds is 5. The largest absolute Gasteiger partial charge is 0.325 e. The molecule has 0 bridgehead atoms. The Morgan fingerprint density at radius 1 is 0.964 bits per heavy atom. The van der Waals surface area contributed by atoms with Crippen LogP contribution in [0.25, 0.3) is 0 Å². The van der Waals surface area contributed by atoms with Gasteiger partial charge in [0.2, 0.25) is 12.5 Å². The summed E-state index contributed by atoms with van der Waals surface area (Å²) in [6.45, 7) is -0.391.